The van der Waals surface area contributed by atoms with Gasteiger partial charge in [-0.15, -0.1) is 10.2 Å². The second-order valence-corrected chi connectivity index (χ2v) is 6.20. The Hall–Kier alpha value is -1.59. The minimum atomic E-state index is 0.0839. The van der Waals surface area contributed by atoms with Crippen LogP contribution in [-0.4, -0.2) is 22.3 Å². The Labute approximate surface area is 129 Å². The van der Waals surface area contributed by atoms with Crippen molar-refractivity contribution in [2.75, 3.05) is 6.54 Å². The molecule has 0 atom stereocenters. The van der Waals surface area contributed by atoms with E-state index in [0.29, 0.717) is 29.0 Å². The maximum Gasteiger partial charge on any atom is 0.253 e. The van der Waals surface area contributed by atoms with E-state index in [4.69, 9.17) is 20.8 Å². The van der Waals surface area contributed by atoms with E-state index < -0.39 is 0 Å². The zero-order valence-electron chi connectivity index (χ0n) is 12.5. The lowest BCUT2D eigenvalue weighted by molar-refractivity contribution is 0.258. The van der Waals surface area contributed by atoms with Gasteiger partial charge in [0, 0.05) is 23.5 Å². The standard InChI is InChI=1S/C15H20ClN3O2/c1-15(2,3)17-9-8-13-18-19-14(21-13)10-20-12-6-4-11(16)5-7-12/h4-7,17H,8-10H2,1-3H3. The van der Waals surface area contributed by atoms with Crippen molar-refractivity contribution in [3.05, 3.63) is 41.1 Å². The maximum atomic E-state index is 5.81. The second-order valence-electron chi connectivity index (χ2n) is 5.76. The predicted octanol–water partition coefficient (Wildman–Crippen LogP) is 3.23. The van der Waals surface area contributed by atoms with Gasteiger partial charge in [0.1, 0.15) is 5.75 Å². The van der Waals surface area contributed by atoms with Gasteiger partial charge < -0.3 is 14.5 Å². The van der Waals surface area contributed by atoms with E-state index in [2.05, 4.69) is 36.3 Å². The van der Waals surface area contributed by atoms with Gasteiger partial charge in [0.25, 0.3) is 5.89 Å². The fourth-order valence-electron chi connectivity index (χ4n) is 1.67. The number of rotatable bonds is 6. The van der Waals surface area contributed by atoms with Gasteiger partial charge in [-0.1, -0.05) is 11.6 Å². The number of ether oxygens (including phenoxy) is 1. The monoisotopic (exact) mass is 309 g/mol. The fourth-order valence-corrected chi connectivity index (χ4v) is 1.79. The molecule has 6 heteroatoms. The van der Waals surface area contributed by atoms with Crippen molar-refractivity contribution in [1.29, 1.82) is 0 Å². The summed E-state index contributed by atoms with van der Waals surface area (Å²) >= 11 is 5.81. The van der Waals surface area contributed by atoms with E-state index in [9.17, 15) is 0 Å². The van der Waals surface area contributed by atoms with Gasteiger partial charge in [-0.25, -0.2) is 0 Å². The van der Waals surface area contributed by atoms with Crippen LogP contribution in [0.5, 0.6) is 5.75 Å². The zero-order chi connectivity index (χ0) is 15.3. The molecule has 0 radical (unpaired) electrons. The van der Waals surface area contributed by atoms with E-state index in [0.717, 1.165) is 6.54 Å². The molecule has 1 heterocycles. The van der Waals surface area contributed by atoms with Crippen LogP contribution in [0.4, 0.5) is 0 Å². The Morgan fingerprint density at radius 3 is 2.48 bits per heavy atom. The maximum absolute atomic E-state index is 5.81. The Morgan fingerprint density at radius 1 is 1.14 bits per heavy atom. The third kappa shape index (κ3) is 5.73. The molecule has 0 aliphatic carbocycles. The average Bonchev–Trinajstić information content (AvgIpc) is 2.85. The first kappa shape index (κ1) is 15.8. The van der Waals surface area contributed by atoms with Crippen LogP contribution in [0.2, 0.25) is 5.02 Å². The lowest BCUT2D eigenvalue weighted by Gasteiger charge is -2.19. The molecule has 0 unspecified atom stereocenters. The molecule has 0 saturated carbocycles. The lowest BCUT2D eigenvalue weighted by Crippen LogP contribution is -2.37. The molecule has 1 aromatic carbocycles. The van der Waals surface area contributed by atoms with Crippen LogP contribution in [0.3, 0.4) is 0 Å². The molecule has 2 aromatic rings. The second kappa shape index (κ2) is 6.91. The number of hydrogen-bond donors (Lipinski definition) is 1. The number of halogens is 1. The predicted molar refractivity (Wildman–Crippen MR) is 81.5 cm³/mol. The van der Waals surface area contributed by atoms with E-state index in [1.165, 1.54) is 0 Å². The zero-order valence-corrected chi connectivity index (χ0v) is 13.3. The van der Waals surface area contributed by atoms with Gasteiger partial charge in [0.15, 0.2) is 6.61 Å². The van der Waals surface area contributed by atoms with Crippen molar-refractivity contribution in [2.24, 2.45) is 0 Å². The average molecular weight is 310 g/mol. The molecule has 5 nitrogen and oxygen atoms in total. The number of hydrogen-bond acceptors (Lipinski definition) is 5. The van der Waals surface area contributed by atoms with Crippen LogP contribution in [0.1, 0.15) is 32.6 Å². The van der Waals surface area contributed by atoms with Crippen molar-refractivity contribution < 1.29 is 9.15 Å². The third-order valence-electron chi connectivity index (χ3n) is 2.68. The Balaban J connectivity index is 1.79. The van der Waals surface area contributed by atoms with Gasteiger partial charge in [0.2, 0.25) is 5.89 Å². The van der Waals surface area contributed by atoms with Crippen molar-refractivity contribution >= 4 is 11.6 Å². The number of nitrogens with one attached hydrogen (secondary N) is 1. The van der Waals surface area contributed by atoms with Gasteiger partial charge >= 0.3 is 0 Å². The number of nitrogens with zero attached hydrogens (tertiary/aromatic N) is 2. The van der Waals surface area contributed by atoms with Crippen molar-refractivity contribution in [3.63, 3.8) is 0 Å². The van der Waals surface area contributed by atoms with Gasteiger partial charge in [0.05, 0.1) is 0 Å². The first-order chi connectivity index (χ1) is 9.92. The molecular formula is C15H20ClN3O2. The summed E-state index contributed by atoms with van der Waals surface area (Å²) in [4.78, 5) is 0. The molecule has 0 saturated heterocycles. The molecule has 0 amide bonds. The van der Waals surface area contributed by atoms with Crippen LogP contribution in [0.25, 0.3) is 0 Å². The van der Waals surface area contributed by atoms with Crippen LogP contribution >= 0.6 is 11.6 Å². The highest BCUT2D eigenvalue weighted by Crippen LogP contribution is 2.16. The largest absolute Gasteiger partial charge is 0.484 e. The molecule has 1 N–H and O–H groups in total. The summed E-state index contributed by atoms with van der Waals surface area (Å²) in [6.45, 7) is 7.40. The topological polar surface area (TPSA) is 60.2 Å². The summed E-state index contributed by atoms with van der Waals surface area (Å²) < 4.78 is 11.1. The summed E-state index contributed by atoms with van der Waals surface area (Å²) in [5.74, 6) is 1.80. The van der Waals surface area contributed by atoms with Crippen molar-refractivity contribution in [1.82, 2.24) is 15.5 Å². The number of aromatic nitrogens is 2. The molecule has 1 aromatic heterocycles. The Kier molecular flexibility index (Phi) is 5.20. The summed E-state index contributed by atoms with van der Waals surface area (Å²) in [5, 5.41) is 12.0. The molecule has 2 rings (SSSR count). The van der Waals surface area contributed by atoms with Crippen LogP contribution in [0.15, 0.2) is 28.7 Å². The quantitative estimate of drug-likeness (QED) is 0.887. The van der Waals surface area contributed by atoms with Crippen LogP contribution in [0, 0.1) is 0 Å². The third-order valence-corrected chi connectivity index (χ3v) is 2.93. The fraction of sp³-hybridized carbons (Fsp3) is 0.467. The molecule has 0 aliphatic heterocycles. The van der Waals surface area contributed by atoms with Crippen LogP contribution in [-0.2, 0) is 13.0 Å². The van der Waals surface area contributed by atoms with Crippen molar-refractivity contribution in [3.8, 4) is 5.75 Å². The van der Waals surface area contributed by atoms with Gasteiger partial charge in [-0.05, 0) is 45.0 Å². The molecule has 0 fully saturated rings. The van der Waals surface area contributed by atoms with Crippen molar-refractivity contribution in [2.45, 2.75) is 39.3 Å². The summed E-state index contributed by atoms with van der Waals surface area (Å²) in [6, 6.07) is 7.14. The first-order valence-corrected chi connectivity index (χ1v) is 7.25. The van der Waals surface area contributed by atoms with E-state index in [-0.39, 0.29) is 12.1 Å². The number of benzene rings is 1. The lowest BCUT2D eigenvalue weighted by atomic mass is 10.1. The summed E-state index contributed by atoms with van der Waals surface area (Å²) in [7, 11) is 0. The van der Waals surface area contributed by atoms with E-state index in [1.54, 1.807) is 24.3 Å². The SMILES string of the molecule is CC(C)(C)NCCc1nnc(COc2ccc(Cl)cc2)o1. The summed E-state index contributed by atoms with van der Waals surface area (Å²) in [5.41, 5.74) is 0.0839. The Morgan fingerprint density at radius 2 is 1.81 bits per heavy atom. The van der Waals surface area contributed by atoms with Crippen LogP contribution < -0.4 is 10.1 Å². The first-order valence-electron chi connectivity index (χ1n) is 6.87. The Bertz CT molecular complexity index is 561. The molecule has 0 bridgehead atoms. The molecular weight excluding hydrogens is 290 g/mol. The van der Waals surface area contributed by atoms with E-state index >= 15 is 0 Å². The highest BCUT2D eigenvalue weighted by molar-refractivity contribution is 6.30. The molecule has 21 heavy (non-hydrogen) atoms. The van der Waals surface area contributed by atoms with Gasteiger partial charge in [-0.3, -0.25) is 0 Å². The minimum Gasteiger partial charge on any atom is -0.484 e. The highest BCUT2D eigenvalue weighted by Gasteiger charge is 2.10. The van der Waals surface area contributed by atoms with Gasteiger partial charge in [-0.2, -0.15) is 0 Å². The smallest absolute Gasteiger partial charge is 0.253 e. The van der Waals surface area contributed by atoms with E-state index in [1.807, 2.05) is 0 Å². The molecule has 0 aliphatic rings. The summed E-state index contributed by atoms with van der Waals surface area (Å²) in [6.07, 6.45) is 0.700. The normalized spacial score (nSPS) is 11.6. The molecule has 114 valence electrons. The molecule has 0 spiro atoms. The highest BCUT2D eigenvalue weighted by atomic mass is 35.5. The minimum absolute atomic E-state index is 0.0839.